The Hall–Kier alpha value is -3.96. The lowest BCUT2D eigenvalue weighted by Crippen LogP contribution is -2.28. The van der Waals surface area contributed by atoms with E-state index in [1.807, 2.05) is 0 Å². The summed E-state index contributed by atoms with van der Waals surface area (Å²) in [4.78, 5) is 39.6. The van der Waals surface area contributed by atoms with Crippen molar-refractivity contribution in [3.8, 4) is 5.75 Å². The van der Waals surface area contributed by atoms with Gasteiger partial charge in [-0.15, -0.1) is 0 Å². The van der Waals surface area contributed by atoms with E-state index in [0.717, 1.165) is 0 Å². The second-order valence-electron chi connectivity index (χ2n) is 8.06. The number of aromatic nitrogens is 2. The van der Waals surface area contributed by atoms with Crippen LogP contribution in [0.3, 0.4) is 0 Å². The predicted molar refractivity (Wildman–Crippen MR) is 119 cm³/mol. The highest BCUT2D eigenvalue weighted by atomic mass is 19.4. The van der Waals surface area contributed by atoms with E-state index in [4.69, 9.17) is 9.47 Å². The number of ether oxygens (including phenoxy) is 2. The van der Waals surface area contributed by atoms with Crippen LogP contribution in [0.25, 0.3) is 0 Å². The van der Waals surface area contributed by atoms with Crippen molar-refractivity contribution in [1.29, 1.82) is 0 Å². The third kappa shape index (κ3) is 5.42. The zero-order valence-electron chi connectivity index (χ0n) is 18.9. The van der Waals surface area contributed by atoms with Gasteiger partial charge >= 0.3 is 6.18 Å². The van der Waals surface area contributed by atoms with Crippen molar-refractivity contribution in [2.24, 2.45) is 4.99 Å². The highest BCUT2D eigenvalue weighted by molar-refractivity contribution is 6.06. The van der Waals surface area contributed by atoms with Gasteiger partial charge in [-0.2, -0.15) is 13.2 Å². The number of alkyl halides is 3. The number of nitrogens with one attached hydrogen (secondary N) is 1. The van der Waals surface area contributed by atoms with Gasteiger partial charge in [-0.1, -0.05) is 0 Å². The summed E-state index contributed by atoms with van der Waals surface area (Å²) in [7, 11) is 0. The zero-order valence-corrected chi connectivity index (χ0v) is 18.9. The number of carbonyl (C=O) groups is 2. The van der Waals surface area contributed by atoms with Gasteiger partial charge in [0.15, 0.2) is 6.40 Å². The molecule has 1 atom stereocenters. The first-order chi connectivity index (χ1) is 16.6. The fourth-order valence-corrected chi connectivity index (χ4v) is 3.69. The molecule has 1 N–H and O–H groups in total. The maximum absolute atomic E-state index is 13.1. The summed E-state index contributed by atoms with van der Waals surface area (Å²) in [5.41, 5.74) is 2.46. The van der Waals surface area contributed by atoms with Crippen molar-refractivity contribution >= 4 is 24.0 Å². The molecule has 0 fully saturated rings. The Labute approximate surface area is 198 Å². The molecule has 184 valence electrons. The minimum absolute atomic E-state index is 0.0768. The maximum atomic E-state index is 13.1. The fraction of sp³-hybridized carbons (Fsp3) is 0.348. The molecule has 1 unspecified atom stereocenters. The van der Waals surface area contributed by atoms with Crippen LogP contribution in [0.1, 0.15) is 46.6 Å². The molecule has 4 heterocycles. The number of amides is 2. The van der Waals surface area contributed by atoms with Gasteiger partial charge < -0.3 is 19.7 Å². The van der Waals surface area contributed by atoms with Gasteiger partial charge in [-0.25, -0.2) is 9.98 Å². The molecular formula is C23H22F3N5O4. The number of rotatable bonds is 7. The van der Waals surface area contributed by atoms with Crippen LogP contribution < -0.4 is 10.1 Å². The van der Waals surface area contributed by atoms with E-state index in [1.54, 1.807) is 30.9 Å². The summed E-state index contributed by atoms with van der Waals surface area (Å²) in [6, 6.07) is 2.81. The number of aliphatic imine (C=N–C) groups is 1. The molecule has 0 radical (unpaired) electrons. The summed E-state index contributed by atoms with van der Waals surface area (Å²) < 4.78 is 47.4. The minimum Gasteiger partial charge on any atom is -0.491 e. The lowest BCUT2D eigenvalue weighted by molar-refractivity contribution is -0.139. The molecule has 35 heavy (non-hydrogen) atoms. The van der Waals surface area contributed by atoms with Crippen LogP contribution in [-0.4, -0.2) is 52.5 Å². The van der Waals surface area contributed by atoms with Crippen LogP contribution in [0, 0.1) is 6.92 Å². The summed E-state index contributed by atoms with van der Waals surface area (Å²) in [6.07, 6.45) is 0.0790. The van der Waals surface area contributed by atoms with Crippen molar-refractivity contribution in [1.82, 2.24) is 14.9 Å². The van der Waals surface area contributed by atoms with E-state index in [2.05, 4.69) is 20.3 Å². The van der Waals surface area contributed by atoms with Crippen LogP contribution in [0.2, 0.25) is 0 Å². The van der Waals surface area contributed by atoms with E-state index in [1.165, 1.54) is 25.0 Å². The van der Waals surface area contributed by atoms with Gasteiger partial charge in [0.1, 0.15) is 18.2 Å². The Balaban J connectivity index is 1.48. The first-order valence-corrected chi connectivity index (χ1v) is 10.7. The van der Waals surface area contributed by atoms with E-state index < -0.39 is 31.2 Å². The molecule has 0 saturated heterocycles. The monoisotopic (exact) mass is 489 g/mol. The number of aryl methyl sites for hydroxylation is 1. The molecule has 0 aliphatic carbocycles. The molecule has 12 heteroatoms. The van der Waals surface area contributed by atoms with Gasteiger partial charge in [0.25, 0.3) is 11.8 Å². The normalized spacial score (nSPS) is 15.9. The quantitative estimate of drug-likeness (QED) is 0.636. The van der Waals surface area contributed by atoms with E-state index in [-0.39, 0.29) is 30.6 Å². The number of halogens is 3. The minimum atomic E-state index is -4.30. The number of anilines is 1. The lowest BCUT2D eigenvalue weighted by atomic mass is 10.1. The molecule has 2 aromatic rings. The number of fused-ring (bicyclic) bond motifs is 1. The molecule has 9 nitrogen and oxygen atoms in total. The van der Waals surface area contributed by atoms with Crippen LogP contribution >= 0.6 is 0 Å². The first kappa shape index (κ1) is 24.2. The third-order valence-corrected chi connectivity index (χ3v) is 5.63. The average Bonchev–Trinajstić information content (AvgIpc) is 3.17. The molecule has 4 rings (SSSR count). The van der Waals surface area contributed by atoms with Crippen LogP contribution in [0.4, 0.5) is 19.0 Å². The Morgan fingerprint density at radius 1 is 1.34 bits per heavy atom. The molecule has 0 saturated carbocycles. The van der Waals surface area contributed by atoms with Crippen LogP contribution in [-0.2, 0) is 16.1 Å². The molecule has 2 aliphatic rings. The van der Waals surface area contributed by atoms with Crippen molar-refractivity contribution in [2.45, 2.75) is 39.0 Å². The molecule has 2 amide bonds. The number of carbonyl (C=O) groups excluding carboxylic acids is 2. The summed E-state index contributed by atoms with van der Waals surface area (Å²) in [5, 5.41) is 2.72. The van der Waals surface area contributed by atoms with Gasteiger partial charge in [-0.3, -0.25) is 14.6 Å². The Morgan fingerprint density at radius 2 is 2.14 bits per heavy atom. The number of hydrogen-bond acceptors (Lipinski definition) is 7. The highest BCUT2D eigenvalue weighted by Crippen LogP contribution is 2.34. The smallest absolute Gasteiger partial charge is 0.392 e. The molecule has 2 aromatic heterocycles. The molecular weight excluding hydrogens is 467 g/mol. The van der Waals surface area contributed by atoms with Gasteiger partial charge in [0.05, 0.1) is 43.1 Å². The Bertz CT molecular complexity index is 1210. The van der Waals surface area contributed by atoms with E-state index in [9.17, 15) is 22.8 Å². The first-order valence-electron chi connectivity index (χ1n) is 10.7. The van der Waals surface area contributed by atoms with Gasteiger partial charge in [0, 0.05) is 23.5 Å². The molecule has 0 spiro atoms. The van der Waals surface area contributed by atoms with Crippen molar-refractivity contribution < 1.29 is 32.2 Å². The number of hydrogen-bond donors (Lipinski definition) is 1. The van der Waals surface area contributed by atoms with Gasteiger partial charge in [0.2, 0.25) is 0 Å². The fourth-order valence-electron chi connectivity index (χ4n) is 3.69. The van der Waals surface area contributed by atoms with Gasteiger partial charge in [-0.05, 0) is 31.5 Å². The van der Waals surface area contributed by atoms with Crippen molar-refractivity contribution in [2.75, 3.05) is 18.5 Å². The standard InChI is InChI=1S/C23H22F3N5O4/c1-13-7-18(29-9-19(13)35-6-4-23(24,25)26)14(2)31-10-17-16(22(31)33)3-5-28-20(17)30-21(32)15-8-27-12-34-11-15/h3,5,7-9,12,14H,4,6,10-11H2,1-2H3,(H,28,30,32). The summed E-state index contributed by atoms with van der Waals surface area (Å²) in [5.74, 6) is -0.162. The van der Waals surface area contributed by atoms with Crippen molar-refractivity contribution in [3.05, 3.63) is 58.7 Å². The predicted octanol–water partition coefficient (Wildman–Crippen LogP) is 3.71. The molecule has 2 aliphatic heterocycles. The largest absolute Gasteiger partial charge is 0.491 e. The molecule has 0 bridgehead atoms. The zero-order chi connectivity index (χ0) is 25.2. The second-order valence-corrected chi connectivity index (χ2v) is 8.06. The van der Waals surface area contributed by atoms with Crippen molar-refractivity contribution in [3.63, 3.8) is 0 Å². The van der Waals surface area contributed by atoms with Crippen LogP contribution in [0.15, 0.2) is 41.3 Å². The Morgan fingerprint density at radius 3 is 2.83 bits per heavy atom. The summed E-state index contributed by atoms with van der Waals surface area (Å²) >= 11 is 0. The third-order valence-electron chi connectivity index (χ3n) is 5.63. The second kappa shape index (κ2) is 9.72. The molecule has 0 aromatic carbocycles. The average molecular weight is 489 g/mol. The lowest BCUT2D eigenvalue weighted by Gasteiger charge is -2.24. The van der Waals surface area contributed by atoms with E-state index >= 15 is 0 Å². The van der Waals surface area contributed by atoms with E-state index in [0.29, 0.717) is 28.0 Å². The number of nitrogens with zero attached hydrogens (tertiary/aromatic N) is 4. The Kier molecular flexibility index (Phi) is 6.72. The SMILES string of the molecule is Cc1cc(C(C)N2Cc3c(ccnc3NC(=O)C3=CN=COC3)C2=O)ncc1OCCC(F)(F)F. The van der Waals surface area contributed by atoms with Crippen LogP contribution in [0.5, 0.6) is 5.75 Å². The number of pyridine rings is 2. The highest BCUT2D eigenvalue weighted by Gasteiger charge is 2.35. The topological polar surface area (TPSA) is 106 Å². The summed E-state index contributed by atoms with van der Waals surface area (Å²) in [6.45, 7) is 3.26. The maximum Gasteiger partial charge on any atom is 0.392 e.